The SMILES string of the molecule is COc1ccc([C@H](C)CCNC(=O)[C@H](OC)c2ccc(O)cc2)cc1. The molecule has 5 nitrogen and oxygen atoms in total. The molecule has 2 N–H and O–H groups in total. The second-order valence-corrected chi connectivity index (χ2v) is 5.96. The van der Waals surface area contributed by atoms with Gasteiger partial charge in [-0.2, -0.15) is 0 Å². The molecular weight excluding hydrogens is 318 g/mol. The van der Waals surface area contributed by atoms with Crippen molar-refractivity contribution < 1.29 is 19.4 Å². The number of ether oxygens (including phenoxy) is 2. The summed E-state index contributed by atoms with van der Waals surface area (Å²) in [6.45, 7) is 2.69. The van der Waals surface area contributed by atoms with Crippen LogP contribution in [0.25, 0.3) is 0 Å². The van der Waals surface area contributed by atoms with Crippen molar-refractivity contribution in [3.63, 3.8) is 0 Å². The van der Waals surface area contributed by atoms with Crippen molar-refractivity contribution in [2.75, 3.05) is 20.8 Å². The average molecular weight is 343 g/mol. The zero-order valence-corrected chi connectivity index (χ0v) is 14.9. The fraction of sp³-hybridized carbons (Fsp3) is 0.350. The van der Waals surface area contributed by atoms with Gasteiger partial charge in [0.05, 0.1) is 7.11 Å². The molecule has 0 aliphatic heterocycles. The number of phenolic OH excluding ortho intramolecular Hbond substituents is 1. The van der Waals surface area contributed by atoms with Crippen LogP contribution in [0.5, 0.6) is 11.5 Å². The predicted molar refractivity (Wildman–Crippen MR) is 96.9 cm³/mol. The van der Waals surface area contributed by atoms with Gasteiger partial charge in [-0.05, 0) is 47.7 Å². The van der Waals surface area contributed by atoms with E-state index in [0.717, 1.165) is 12.2 Å². The molecule has 0 saturated carbocycles. The first-order valence-electron chi connectivity index (χ1n) is 8.28. The first-order chi connectivity index (χ1) is 12.0. The first kappa shape index (κ1) is 18.8. The largest absolute Gasteiger partial charge is 0.508 e. The number of methoxy groups -OCH3 is 2. The van der Waals surface area contributed by atoms with Crippen molar-refractivity contribution in [1.82, 2.24) is 5.32 Å². The van der Waals surface area contributed by atoms with Crippen molar-refractivity contribution >= 4 is 5.91 Å². The summed E-state index contributed by atoms with van der Waals surface area (Å²) in [4.78, 5) is 12.3. The normalized spacial score (nSPS) is 13.1. The highest BCUT2D eigenvalue weighted by Crippen LogP contribution is 2.22. The molecular formula is C20H25NO4. The quantitative estimate of drug-likeness (QED) is 0.771. The third-order valence-corrected chi connectivity index (χ3v) is 4.23. The van der Waals surface area contributed by atoms with Crippen LogP contribution < -0.4 is 10.1 Å². The molecule has 0 fully saturated rings. The molecule has 0 unspecified atom stereocenters. The van der Waals surface area contributed by atoms with Crippen LogP contribution >= 0.6 is 0 Å². The Balaban J connectivity index is 1.86. The molecule has 0 aromatic heterocycles. The summed E-state index contributed by atoms with van der Waals surface area (Å²) in [5.74, 6) is 1.13. The van der Waals surface area contributed by atoms with Crippen LogP contribution in [-0.2, 0) is 9.53 Å². The summed E-state index contributed by atoms with van der Waals surface area (Å²) < 4.78 is 10.5. The van der Waals surface area contributed by atoms with E-state index in [1.165, 1.54) is 12.7 Å². The minimum atomic E-state index is -0.683. The number of aromatic hydroxyl groups is 1. The van der Waals surface area contributed by atoms with Crippen LogP contribution in [0.4, 0.5) is 0 Å². The molecule has 2 rings (SSSR count). The lowest BCUT2D eigenvalue weighted by molar-refractivity contribution is -0.131. The zero-order chi connectivity index (χ0) is 18.2. The van der Waals surface area contributed by atoms with Crippen LogP contribution in [0.1, 0.15) is 36.5 Å². The van der Waals surface area contributed by atoms with E-state index in [1.54, 1.807) is 31.4 Å². The Morgan fingerprint density at radius 2 is 1.64 bits per heavy atom. The summed E-state index contributed by atoms with van der Waals surface area (Å²) in [7, 11) is 3.14. The first-order valence-corrected chi connectivity index (χ1v) is 8.28. The zero-order valence-electron chi connectivity index (χ0n) is 14.9. The van der Waals surface area contributed by atoms with E-state index in [0.29, 0.717) is 18.0 Å². The lowest BCUT2D eigenvalue weighted by Crippen LogP contribution is -2.31. The molecule has 25 heavy (non-hydrogen) atoms. The number of amides is 1. The molecule has 0 bridgehead atoms. The molecule has 0 aliphatic rings. The van der Waals surface area contributed by atoms with Crippen molar-refractivity contribution in [2.45, 2.75) is 25.4 Å². The number of phenols is 1. The number of carbonyl (C=O) groups excluding carboxylic acids is 1. The van der Waals surface area contributed by atoms with Gasteiger partial charge < -0.3 is 19.9 Å². The van der Waals surface area contributed by atoms with Crippen LogP contribution in [0, 0.1) is 0 Å². The lowest BCUT2D eigenvalue weighted by atomic mass is 9.97. The summed E-state index contributed by atoms with van der Waals surface area (Å²) in [5.41, 5.74) is 1.91. The van der Waals surface area contributed by atoms with E-state index in [-0.39, 0.29) is 11.7 Å². The number of hydrogen-bond acceptors (Lipinski definition) is 4. The van der Waals surface area contributed by atoms with Crippen molar-refractivity contribution in [2.24, 2.45) is 0 Å². The second-order valence-electron chi connectivity index (χ2n) is 5.96. The molecule has 0 saturated heterocycles. The maximum Gasteiger partial charge on any atom is 0.253 e. The van der Waals surface area contributed by atoms with Gasteiger partial charge in [0.25, 0.3) is 5.91 Å². The van der Waals surface area contributed by atoms with Crippen molar-refractivity contribution in [3.05, 3.63) is 59.7 Å². The van der Waals surface area contributed by atoms with Gasteiger partial charge in [-0.3, -0.25) is 4.79 Å². The number of carbonyl (C=O) groups is 1. The highest BCUT2D eigenvalue weighted by Gasteiger charge is 2.19. The average Bonchev–Trinajstić information content (AvgIpc) is 2.64. The van der Waals surface area contributed by atoms with Gasteiger partial charge in [0.1, 0.15) is 11.5 Å². The molecule has 2 aromatic carbocycles. The molecule has 2 aromatic rings. The Hall–Kier alpha value is -2.53. The summed E-state index contributed by atoms with van der Waals surface area (Å²) in [5, 5.41) is 12.3. The minimum Gasteiger partial charge on any atom is -0.508 e. The fourth-order valence-corrected chi connectivity index (χ4v) is 2.65. The van der Waals surface area contributed by atoms with E-state index in [1.807, 2.05) is 24.3 Å². The molecule has 134 valence electrons. The monoisotopic (exact) mass is 343 g/mol. The molecule has 0 radical (unpaired) electrons. The molecule has 1 amide bonds. The fourth-order valence-electron chi connectivity index (χ4n) is 2.65. The Morgan fingerprint density at radius 3 is 2.20 bits per heavy atom. The summed E-state index contributed by atoms with van der Waals surface area (Å²) in [6.07, 6.45) is 0.140. The maximum absolute atomic E-state index is 12.3. The molecule has 2 atom stereocenters. The molecule has 5 heteroatoms. The molecule has 0 aliphatic carbocycles. The summed E-state index contributed by atoms with van der Waals surface area (Å²) >= 11 is 0. The van der Waals surface area contributed by atoms with Crippen LogP contribution in [0.2, 0.25) is 0 Å². The van der Waals surface area contributed by atoms with Gasteiger partial charge in [-0.1, -0.05) is 31.2 Å². The van der Waals surface area contributed by atoms with Crippen molar-refractivity contribution in [1.29, 1.82) is 0 Å². The second kappa shape index (κ2) is 9.08. The Bertz CT molecular complexity index is 667. The minimum absolute atomic E-state index is 0.160. The maximum atomic E-state index is 12.3. The Kier molecular flexibility index (Phi) is 6.83. The van der Waals surface area contributed by atoms with Gasteiger partial charge in [0.15, 0.2) is 6.10 Å². The smallest absolute Gasteiger partial charge is 0.253 e. The van der Waals surface area contributed by atoms with E-state index in [2.05, 4.69) is 12.2 Å². The van der Waals surface area contributed by atoms with Crippen LogP contribution in [0.3, 0.4) is 0 Å². The molecule has 0 spiro atoms. The van der Waals surface area contributed by atoms with E-state index in [9.17, 15) is 9.90 Å². The number of hydrogen-bond donors (Lipinski definition) is 2. The Labute approximate surface area is 148 Å². The number of nitrogens with one attached hydrogen (secondary N) is 1. The third kappa shape index (κ3) is 5.22. The predicted octanol–water partition coefficient (Wildman–Crippen LogP) is 3.40. The topological polar surface area (TPSA) is 67.8 Å². The lowest BCUT2D eigenvalue weighted by Gasteiger charge is -2.17. The van der Waals surface area contributed by atoms with Gasteiger partial charge in [0, 0.05) is 13.7 Å². The van der Waals surface area contributed by atoms with E-state index in [4.69, 9.17) is 9.47 Å². The van der Waals surface area contributed by atoms with Gasteiger partial charge >= 0.3 is 0 Å². The Morgan fingerprint density at radius 1 is 1.04 bits per heavy atom. The van der Waals surface area contributed by atoms with Gasteiger partial charge in [-0.25, -0.2) is 0 Å². The summed E-state index contributed by atoms with van der Waals surface area (Å²) in [6, 6.07) is 14.4. The number of rotatable bonds is 8. The van der Waals surface area contributed by atoms with E-state index < -0.39 is 6.10 Å². The van der Waals surface area contributed by atoms with E-state index >= 15 is 0 Å². The van der Waals surface area contributed by atoms with Crippen LogP contribution in [-0.4, -0.2) is 31.8 Å². The standard InChI is InChI=1S/C20H25NO4/c1-14(15-6-10-18(24-2)11-7-15)12-13-21-20(23)19(25-3)16-4-8-17(22)9-5-16/h4-11,14,19,22H,12-13H2,1-3H3,(H,21,23)/t14-,19-/m1/s1. The number of benzene rings is 2. The third-order valence-electron chi connectivity index (χ3n) is 4.23. The van der Waals surface area contributed by atoms with Gasteiger partial charge in [-0.15, -0.1) is 0 Å². The molecule has 0 heterocycles. The highest BCUT2D eigenvalue weighted by atomic mass is 16.5. The highest BCUT2D eigenvalue weighted by molar-refractivity contribution is 5.82. The van der Waals surface area contributed by atoms with Crippen molar-refractivity contribution in [3.8, 4) is 11.5 Å². The van der Waals surface area contributed by atoms with Gasteiger partial charge in [0.2, 0.25) is 0 Å². The van der Waals surface area contributed by atoms with Crippen LogP contribution in [0.15, 0.2) is 48.5 Å².